The molecule has 0 bridgehead atoms. The fraction of sp³-hybridized carbons (Fsp3) is 0.391. The fourth-order valence-corrected chi connectivity index (χ4v) is 4.08. The van der Waals surface area contributed by atoms with E-state index in [4.69, 9.17) is 23.2 Å². The van der Waals surface area contributed by atoms with E-state index in [0.717, 1.165) is 24.0 Å². The lowest BCUT2D eigenvalue weighted by Gasteiger charge is -2.29. The highest BCUT2D eigenvalue weighted by Gasteiger charge is 2.25. The molecule has 1 N–H and O–H groups in total. The van der Waals surface area contributed by atoms with Gasteiger partial charge in [-0.25, -0.2) is 0 Å². The Morgan fingerprint density at radius 3 is 2.47 bits per heavy atom. The second-order valence-corrected chi connectivity index (χ2v) is 8.95. The minimum Gasteiger partial charge on any atom is -0.354 e. The standard InChI is InChI=1S/C23H28Cl2N2O2S/c1-3-4-12-26-23(29)17(2)27(14-19-6-5-7-21(25)13-19)22(28)16-30-15-18-8-10-20(24)11-9-18/h5-11,13,17H,3-4,12,14-16H2,1-2H3,(H,26,29)/t17-/m1/s1. The SMILES string of the molecule is CCCCNC(=O)[C@@H](C)N(Cc1cccc(Cl)c1)C(=O)CSCc1ccc(Cl)cc1. The van der Waals surface area contributed by atoms with Crippen molar-refractivity contribution in [2.45, 2.75) is 45.0 Å². The van der Waals surface area contributed by atoms with Gasteiger partial charge >= 0.3 is 0 Å². The number of hydrogen-bond donors (Lipinski definition) is 1. The fourth-order valence-electron chi connectivity index (χ4n) is 2.87. The molecule has 1 atom stereocenters. The van der Waals surface area contributed by atoms with Gasteiger partial charge in [-0.1, -0.05) is 60.8 Å². The summed E-state index contributed by atoms with van der Waals surface area (Å²) in [4.78, 5) is 27.2. The summed E-state index contributed by atoms with van der Waals surface area (Å²) in [6.45, 7) is 4.80. The zero-order chi connectivity index (χ0) is 21.9. The number of hydrogen-bond acceptors (Lipinski definition) is 3. The molecule has 4 nitrogen and oxygen atoms in total. The van der Waals surface area contributed by atoms with Crippen LogP contribution in [0.1, 0.15) is 37.8 Å². The first-order valence-corrected chi connectivity index (χ1v) is 12.0. The third kappa shape index (κ3) is 8.21. The van der Waals surface area contributed by atoms with Crippen LogP contribution in [0, 0.1) is 0 Å². The van der Waals surface area contributed by atoms with Crippen molar-refractivity contribution in [2.24, 2.45) is 0 Å². The van der Waals surface area contributed by atoms with Gasteiger partial charge in [0.2, 0.25) is 11.8 Å². The zero-order valence-corrected chi connectivity index (χ0v) is 19.7. The normalized spacial score (nSPS) is 11.7. The number of benzene rings is 2. The molecule has 0 unspecified atom stereocenters. The van der Waals surface area contributed by atoms with Crippen molar-refractivity contribution in [3.63, 3.8) is 0 Å². The first-order valence-electron chi connectivity index (χ1n) is 10.0. The van der Waals surface area contributed by atoms with Crippen LogP contribution in [-0.4, -0.2) is 35.1 Å². The summed E-state index contributed by atoms with van der Waals surface area (Å²) in [7, 11) is 0. The van der Waals surface area contributed by atoms with Crippen molar-refractivity contribution in [1.82, 2.24) is 10.2 Å². The summed E-state index contributed by atoms with van der Waals surface area (Å²) in [5.41, 5.74) is 2.00. The van der Waals surface area contributed by atoms with Gasteiger partial charge in [-0.15, -0.1) is 11.8 Å². The van der Waals surface area contributed by atoms with E-state index in [9.17, 15) is 9.59 Å². The second-order valence-electron chi connectivity index (χ2n) is 7.09. The van der Waals surface area contributed by atoms with Gasteiger partial charge < -0.3 is 10.2 Å². The van der Waals surface area contributed by atoms with Gasteiger partial charge in [-0.2, -0.15) is 0 Å². The van der Waals surface area contributed by atoms with Crippen LogP contribution in [0.2, 0.25) is 10.0 Å². The maximum absolute atomic E-state index is 13.0. The van der Waals surface area contributed by atoms with Crippen LogP contribution < -0.4 is 5.32 Å². The molecule has 0 spiro atoms. The molecule has 7 heteroatoms. The number of halogens is 2. The van der Waals surface area contributed by atoms with Crippen LogP contribution >= 0.6 is 35.0 Å². The molecule has 0 aromatic heterocycles. The smallest absolute Gasteiger partial charge is 0.242 e. The Bertz CT molecular complexity index is 830. The van der Waals surface area contributed by atoms with Crippen molar-refractivity contribution in [2.75, 3.05) is 12.3 Å². The number of nitrogens with zero attached hydrogens (tertiary/aromatic N) is 1. The number of carbonyl (C=O) groups is 2. The highest BCUT2D eigenvalue weighted by Crippen LogP contribution is 2.19. The van der Waals surface area contributed by atoms with E-state index in [0.29, 0.717) is 28.9 Å². The molecule has 30 heavy (non-hydrogen) atoms. The molecule has 0 heterocycles. The molecule has 0 aliphatic heterocycles. The molecular formula is C23H28Cl2N2O2S. The maximum atomic E-state index is 13.0. The number of thioether (sulfide) groups is 1. The maximum Gasteiger partial charge on any atom is 0.242 e. The summed E-state index contributed by atoms with van der Waals surface area (Å²) >= 11 is 13.5. The Kier molecular flexibility index (Phi) is 10.6. The molecule has 0 radical (unpaired) electrons. The Morgan fingerprint density at radius 1 is 1.07 bits per heavy atom. The number of unbranched alkanes of at least 4 members (excludes halogenated alkanes) is 1. The molecule has 162 valence electrons. The van der Waals surface area contributed by atoms with Crippen LogP contribution in [0.25, 0.3) is 0 Å². The number of nitrogens with one attached hydrogen (secondary N) is 1. The average molecular weight is 467 g/mol. The number of amides is 2. The van der Waals surface area contributed by atoms with Crippen molar-refractivity contribution >= 4 is 46.8 Å². The quantitative estimate of drug-likeness (QED) is 0.440. The Balaban J connectivity index is 2.03. The molecule has 0 saturated carbocycles. The van der Waals surface area contributed by atoms with Gasteiger partial charge in [0.1, 0.15) is 6.04 Å². The minimum absolute atomic E-state index is 0.0768. The lowest BCUT2D eigenvalue weighted by Crippen LogP contribution is -2.48. The van der Waals surface area contributed by atoms with Crippen LogP contribution in [0.4, 0.5) is 0 Å². The summed E-state index contributed by atoms with van der Waals surface area (Å²) in [6, 6.07) is 14.4. The molecule has 0 aliphatic rings. The molecule has 2 amide bonds. The van der Waals surface area contributed by atoms with Crippen LogP contribution in [0.15, 0.2) is 48.5 Å². The van der Waals surface area contributed by atoms with E-state index in [2.05, 4.69) is 12.2 Å². The van der Waals surface area contributed by atoms with E-state index in [1.54, 1.807) is 17.9 Å². The minimum atomic E-state index is -0.565. The largest absolute Gasteiger partial charge is 0.354 e. The Labute approximate surface area is 193 Å². The predicted molar refractivity (Wildman–Crippen MR) is 127 cm³/mol. The van der Waals surface area contributed by atoms with Gasteiger partial charge in [-0.3, -0.25) is 9.59 Å². The number of rotatable bonds is 11. The Morgan fingerprint density at radius 2 is 1.80 bits per heavy atom. The van der Waals surface area contributed by atoms with Gasteiger partial charge in [-0.05, 0) is 48.7 Å². The average Bonchev–Trinajstić information content (AvgIpc) is 2.73. The molecule has 0 aliphatic carbocycles. The highest BCUT2D eigenvalue weighted by molar-refractivity contribution is 7.99. The predicted octanol–water partition coefficient (Wildman–Crippen LogP) is 5.56. The van der Waals surface area contributed by atoms with Crippen LogP contribution in [-0.2, 0) is 21.9 Å². The van der Waals surface area contributed by atoms with E-state index in [1.807, 2.05) is 42.5 Å². The summed E-state index contributed by atoms with van der Waals surface area (Å²) < 4.78 is 0. The third-order valence-electron chi connectivity index (χ3n) is 4.65. The topological polar surface area (TPSA) is 49.4 Å². The molecule has 2 aromatic rings. The monoisotopic (exact) mass is 466 g/mol. The van der Waals surface area contributed by atoms with Gasteiger partial charge in [0.25, 0.3) is 0 Å². The lowest BCUT2D eigenvalue weighted by atomic mass is 10.1. The summed E-state index contributed by atoms with van der Waals surface area (Å²) in [5, 5.41) is 4.22. The Hall–Kier alpha value is -1.69. The molecular weight excluding hydrogens is 439 g/mol. The van der Waals surface area contributed by atoms with Crippen molar-refractivity contribution in [1.29, 1.82) is 0 Å². The highest BCUT2D eigenvalue weighted by atomic mass is 35.5. The third-order valence-corrected chi connectivity index (χ3v) is 6.12. The molecule has 2 rings (SSSR count). The molecule has 0 fully saturated rings. The first-order chi connectivity index (χ1) is 14.4. The summed E-state index contributed by atoms with van der Waals surface area (Å²) in [5.74, 6) is 0.773. The van der Waals surface area contributed by atoms with Crippen molar-refractivity contribution in [3.05, 3.63) is 69.7 Å². The van der Waals surface area contributed by atoms with E-state index >= 15 is 0 Å². The van der Waals surface area contributed by atoms with Gasteiger partial charge in [0.05, 0.1) is 5.75 Å². The first kappa shape index (κ1) is 24.6. The molecule has 2 aromatic carbocycles. The van der Waals surface area contributed by atoms with E-state index in [-0.39, 0.29) is 17.6 Å². The summed E-state index contributed by atoms with van der Waals surface area (Å²) in [6.07, 6.45) is 1.92. The van der Waals surface area contributed by atoms with Crippen LogP contribution in [0.5, 0.6) is 0 Å². The van der Waals surface area contributed by atoms with Crippen molar-refractivity contribution < 1.29 is 9.59 Å². The lowest BCUT2D eigenvalue weighted by molar-refractivity contribution is -0.138. The van der Waals surface area contributed by atoms with E-state index in [1.165, 1.54) is 11.8 Å². The number of carbonyl (C=O) groups excluding carboxylic acids is 2. The van der Waals surface area contributed by atoms with E-state index < -0.39 is 6.04 Å². The molecule has 0 saturated heterocycles. The zero-order valence-electron chi connectivity index (χ0n) is 17.4. The van der Waals surface area contributed by atoms with Crippen molar-refractivity contribution in [3.8, 4) is 0 Å². The van der Waals surface area contributed by atoms with Gasteiger partial charge in [0, 0.05) is 28.9 Å². The van der Waals surface area contributed by atoms with Crippen LogP contribution in [0.3, 0.4) is 0 Å². The van der Waals surface area contributed by atoms with Gasteiger partial charge in [0.15, 0.2) is 0 Å². The second kappa shape index (κ2) is 12.9.